The highest BCUT2D eigenvalue weighted by molar-refractivity contribution is 5.54. The Labute approximate surface area is 66.7 Å². The van der Waals surface area contributed by atoms with E-state index < -0.39 is 6.29 Å². The van der Waals surface area contributed by atoms with Crippen LogP contribution in [0.3, 0.4) is 0 Å². The average molecular weight is 158 g/mol. The van der Waals surface area contributed by atoms with E-state index in [-0.39, 0.29) is 6.10 Å². The molecule has 0 aliphatic carbocycles. The van der Waals surface area contributed by atoms with Gasteiger partial charge in [-0.3, -0.25) is 4.79 Å². The fourth-order valence-corrected chi connectivity index (χ4v) is 1.12. The third kappa shape index (κ3) is 2.60. The van der Waals surface area contributed by atoms with E-state index in [0.29, 0.717) is 12.9 Å². The number of hydrogen-bond donors (Lipinski definition) is 0. The molecule has 3 nitrogen and oxygen atoms in total. The fourth-order valence-electron chi connectivity index (χ4n) is 1.12. The minimum Gasteiger partial charge on any atom is -0.343 e. The van der Waals surface area contributed by atoms with Gasteiger partial charge < -0.3 is 9.47 Å². The fraction of sp³-hybridized carbons (Fsp3) is 0.875. The standard InChI is InChI=1S/C8H14O3/c1-2-3-4-7-6-10-8(5-9)11-7/h5,7-8H,2-4,6H2,1H3. The first kappa shape index (κ1) is 8.68. The van der Waals surface area contributed by atoms with Crippen LogP contribution in [-0.4, -0.2) is 25.3 Å². The maximum Gasteiger partial charge on any atom is 0.215 e. The summed E-state index contributed by atoms with van der Waals surface area (Å²) in [7, 11) is 0. The molecule has 3 heteroatoms. The molecule has 64 valence electrons. The first-order valence-corrected chi connectivity index (χ1v) is 4.09. The summed E-state index contributed by atoms with van der Waals surface area (Å²) >= 11 is 0. The van der Waals surface area contributed by atoms with E-state index >= 15 is 0 Å². The molecule has 0 amide bonds. The second-order valence-electron chi connectivity index (χ2n) is 2.74. The Morgan fingerprint density at radius 3 is 3.00 bits per heavy atom. The van der Waals surface area contributed by atoms with Crippen molar-refractivity contribution in [3.63, 3.8) is 0 Å². The highest BCUT2D eigenvalue weighted by Crippen LogP contribution is 2.14. The van der Waals surface area contributed by atoms with E-state index in [1.54, 1.807) is 0 Å². The Balaban J connectivity index is 2.14. The van der Waals surface area contributed by atoms with Crippen molar-refractivity contribution in [1.82, 2.24) is 0 Å². The largest absolute Gasteiger partial charge is 0.343 e. The Morgan fingerprint density at radius 1 is 1.64 bits per heavy atom. The van der Waals surface area contributed by atoms with Gasteiger partial charge in [0.25, 0.3) is 0 Å². The second-order valence-corrected chi connectivity index (χ2v) is 2.74. The van der Waals surface area contributed by atoms with Gasteiger partial charge in [-0.25, -0.2) is 0 Å². The Kier molecular flexibility index (Phi) is 3.52. The molecule has 0 spiro atoms. The van der Waals surface area contributed by atoms with Crippen molar-refractivity contribution in [1.29, 1.82) is 0 Å². The molecule has 0 radical (unpaired) electrons. The number of hydrogen-bond acceptors (Lipinski definition) is 3. The lowest BCUT2D eigenvalue weighted by molar-refractivity contribution is -0.133. The zero-order chi connectivity index (χ0) is 8.10. The van der Waals surface area contributed by atoms with Crippen LogP contribution in [0.25, 0.3) is 0 Å². The van der Waals surface area contributed by atoms with Gasteiger partial charge in [0.2, 0.25) is 6.29 Å². The summed E-state index contributed by atoms with van der Waals surface area (Å²) in [5, 5.41) is 0. The molecule has 2 atom stereocenters. The number of rotatable bonds is 4. The van der Waals surface area contributed by atoms with E-state index in [1.807, 2.05) is 0 Å². The number of aldehydes is 1. The quantitative estimate of drug-likeness (QED) is 0.575. The topological polar surface area (TPSA) is 35.5 Å². The summed E-state index contributed by atoms with van der Waals surface area (Å²) in [6, 6.07) is 0. The zero-order valence-electron chi connectivity index (χ0n) is 6.79. The lowest BCUT2D eigenvalue weighted by Gasteiger charge is -2.05. The zero-order valence-corrected chi connectivity index (χ0v) is 6.79. The highest BCUT2D eigenvalue weighted by atomic mass is 16.7. The molecule has 1 rings (SSSR count). The van der Waals surface area contributed by atoms with Gasteiger partial charge >= 0.3 is 0 Å². The van der Waals surface area contributed by atoms with Crippen LogP contribution >= 0.6 is 0 Å². The molecular formula is C8H14O3. The monoisotopic (exact) mass is 158 g/mol. The summed E-state index contributed by atoms with van der Waals surface area (Å²) in [6.45, 7) is 2.70. The minimum atomic E-state index is -0.600. The predicted molar refractivity (Wildman–Crippen MR) is 40.2 cm³/mol. The van der Waals surface area contributed by atoms with Gasteiger partial charge in [0.15, 0.2) is 6.29 Å². The minimum absolute atomic E-state index is 0.144. The molecule has 0 saturated carbocycles. The molecule has 0 aromatic rings. The van der Waals surface area contributed by atoms with Crippen molar-refractivity contribution in [3.05, 3.63) is 0 Å². The molecule has 1 aliphatic heterocycles. The van der Waals surface area contributed by atoms with Crippen molar-refractivity contribution in [2.45, 2.75) is 38.6 Å². The summed E-state index contributed by atoms with van der Waals surface area (Å²) in [6.07, 6.45) is 3.54. The van der Waals surface area contributed by atoms with Crippen LogP contribution in [0.15, 0.2) is 0 Å². The van der Waals surface area contributed by atoms with Gasteiger partial charge in [0.05, 0.1) is 12.7 Å². The Morgan fingerprint density at radius 2 is 2.45 bits per heavy atom. The van der Waals surface area contributed by atoms with Crippen LogP contribution in [0.4, 0.5) is 0 Å². The van der Waals surface area contributed by atoms with Gasteiger partial charge in [-0.15, -0.1) is 0 Å². The normalized spacial score (nSPS) is 30.6. The molecular weight excluding hydrogens is 144 g/mol. The molecule has 11 heavy (non-hydrogen) atoms. The van der Waals surface area contributed by atoms with Crippen molar-refractivity contribution in [3.8, 4) is 0 Å². The molecule has 2 unspecified atom stereocenters. The molecule has 0 aromatic heterocycles. The summed E-state index contributed by atoms with van der Waals surface area (Å²) in [5.41, 5.74) is 0. The average Bonchev–Trinajstić information content (AvgIpc) is 2.48. The first-order valence-electron chi connectivity index (χ1n) is 4.09. The molecule has 0 N–H and O–H groups in total. The third-order valence-electron chi connectivity index (χ3n) is 1.76. The van der Waals surface area contributed by atoms with Crippen LogP contribution in [-0.2, 0) is 14.3 Å². The van der Waals surface area contributed by atoms with E-state index in [1.165, 1.54) is 0 Å². The second kappa shape index (κ2) is 4.46. The maximum absolute atomic E-state index is 10.2. The maximum atomic E-state index is 10.2. The highest BCUT2D eigenvalue weighted by Gasteiger charge is 2.24. The number of carbonyl (C=O) groups excluding carboxylic acids is 1. The lowest BCUT2D eigenvalue weighted by atomic mass is 10.2. The van der Waals surface area contributed by atoms with Gasteiger partial charge in [-0.2, -0.15) is 0 Å². The number of ether oxygens (including phenoxy) is 2. The summed E-state index contributed by atoms with van der Waals surface area (Å²) in [4.78, 5) is 10.2. The van der Waals surface area contributed by atoms with E-state index in [9.17, 15) is 4.79 Å². The van der Waals surface area contributed by atoms with Crippen LogP contribution in [0, 0.1) is 0 Å². The molecule has 1 heterocycles. The molecule has 1 aliphatic rings. The van der Waals surface area contributed by atoms with Gasteiger partial charge in [0, 0.05) is 0 Å². The van der Waals surface area contributed by atoms with Crippen molar-refractivity contribution in [2.75, 3.05) is 6.61 Å². The van der Waals surface area contributed by atoms with Crippen LogP contribution in [0.1, 0.15) is 26.2 Å². The van der Waals surface area contributed by atoms with E-state index in [4.69, 9.17) is 9.47 Å². The third-order valence-corrected chi connectivity index (χ3v) is 1.76. The van der Waals surface area contributed by atoms with E-state index in [2.05, 4.69) is 6.92 Å². The molecule has 0 aromatic carbocycles. The van der Waals surface area contributed by atoms with Gasteiger partial charge in [0.1, 0.15) is 0 Å². The molecule has 1 fully saturated rings. The van der Waals surface area contributed by atoms with Crippen LogP contribution in [0.2, 0.25) is 0 Å². The van der Waals surface area contributed by atoms with Gasteiger partial charge in [-0.05, 0) is 6.42 Å². The van der Waals surface area contributed by atoms with Crippen molar-refractivity contribution < 1.29 is 14.3 Å². The van der Waals surface area contributed by atoms with E-state index in [0.717, 1.165) is 19.3 Å². The molecule has 1 saturated heterocycles. The van der Waals surface area contributed by atoms with Crippen molar-refractivity contribution >= 4 is 6.29 Å². The summed E-state index contributed by atoms with van der Waals surface area (Å²) < 4.78 is 10.2. The van der Waals surface area contributed by atoms with Crippen LogP contribution < -0.4 is 0 Å². The smallest absolute Gasteiger partial charge is 0.215 e. The Hall–Kier alpha value is -0.410. The Bertz CT molecular complexity index is 125. The molecule has 0 bridgehead atoms. The number of unbranched alkanes of at least 4 members (excludes halogenated alkanes) is 1. The van der Waals surface area contributed by atoms with Gasteiger partial charge in [-0.1, -0.05) is 19.8 Å². The SMILES string of the molecule is CCCCC1COC(C=O)O1. The van der Waals surface area contributed by atoms with Crippen LogP contribution in [0.5, 0.6) is 0 Å². The number of carbonyl (C=O) groups is 1. The first-order chi connectivity index (χ1) is 5.36. The predicted octanol–water partition coefficient (Wildman–Crippen LogP) is 1.12. The lowest BCUT2D eigenvalue weighted by Crippen LogP contribution is -2.12. The summed E-state index contributed by atoms with van der Waals surface area (Å²) in [5.74, 6) is 0. The van der Waals surface area contributed by atoms with Crippen molar-refractivity contribution in [2.24, 2.45) is 0 Å².